The van der Waals surface area contributed by atoms with Crippen molar-refractivity contribution in [3.63, 3.8) is 0 Å². The van der Waals surface area contributed by atoms with Gasteiger partial charge >= 0.3 is 0 Å². The molecule has 0 saturated carbocycles. The maximum Gasteiger partial charge on any atom is 0.257 e. The number of carbonyl (C=O) groups excluding carboxylic acids is 2. The van der Waals surface area contributed by atoms with Crippen molar-refractivity contribution in [2.75, 3.05) is 19.6 Å². The van der Waals surface area contributed by atoms with Gasteiger partial charge in [-0.1, -0.05) is 37.3 Å². The predicted octanol–water partition coefficient (Wildman–Crippen LogP) is 3.44. The van der Waals surface area contributed by atoms with Crippen LogP contribution in [0.15, 0.2) is 53.3 Å². The lowest BCUT2D eigenvalue weighted by Gasteiger charge is -2.32. The first-order chi connectivity index (χ1) is 12.7. The fourth-order valence-corrected chi connectivity index (χ4v) is 3.53. The van der Waals surface area contributed by atoms with E-state index in [-0.39, 0.29) is 17.7 Å². The molecule has 0 spiro atoms. The maximum absolute atomic E-state index is 12.6. The summed E-state index contributed by atoms with van der Waals surface area (Å²) in [6.07, 6.45) is 5.61. The Labute approximate surface area is 154 Å². The van der Waals surface area contributed by atoms with E-state index in [1.807, 2.05) is 42.2 Å². The molecule has 0 bridgehead atoms. The van der Waals surface area contributed by atoms with Gasteiger partial charge in [-0.05, 0) is 36.8 Å². The lowest BCUT2D eigenvalue weighted by molar-refractivity contribution is -0.122. The third-order valence-corrected chi connectivity index (χ3v) is 5.16. The summed E-state index contributed by atoms with van der Waals surface area (Å²) < 4.78 is 4.99. The quantitative estimate of drug-likeness (QED) is 0.864. The molecule has 1 saturated heterocycles. The molecule has 5 nitrogen and oxygen atoms in total. The Morgan fingerprint density at radius 2 is 1.92 bits per heavy atom. The normalized spacial score (nSPS) is 16.3. The van der Waals surface area contributed by atoms with Crippen molar-refractivity contribution in [3.05, 3.63) is 60.1 Å². The molecule has 1 aliphatic rings. The van der Waals surface area contributed by atoms with Gasteiger partial charge in [-0.25, -0.2) is 0 Å². The summed E-state index contributed by atoms with van der Waals surface area (Å²) in [5, 5.41) is 3.12. The lowest BCUT2D eigenvalue weighted by atomic mass is 9.93. The first-order valence-electron chi connectivity index (χ1n) is 9.33. The first kappa shape index (κ1) is 18.2. The minimum Gasteiger partial charge on any atom is -0.472 e. The summed E-state index contributed by atoms with van der Waals surface area (Å²) in [6, 6.07) is 11.6. The number of piperidine rings is 1. The number of nitrogens with zero attached hydrogens (tertiary/aromatic N) is 1. The van der Waals surface area contributed by atoms with Crippen molar-refractivity contribution in [2.24, 2.45) is 5.92 Å². The Kier molecular flexibility index (Phi) is 6.10. The van der Waals surface area contributed by atoms with E-state index in [4.69, 9.17) is 4.42 Å². The molecule has 3 rings (SSSR count). The standard InChI is InChI=1S/C21H26N2O3/c1-2-19(17-6-4-3-5-7-17)20(24)22-14-16-8-11-23(12-9-16)21(25)18-10-13-26-15-18/h3-7,10,13,15-16,19H,2,8-9,11-12,14H2,1H3,(H,22,24)/t19-/m0/s1. The Morgan fingerprint density at radius 3 is 2.54 bits per heavy atom. The van der Waals surface area contributed by atoms with E-state index in [2.05, 4.69) is 5.32 Å². The largest absolute Gasteiger partial charge is 0.472 e. The average molecular weight is 354 g/mol. The van der Waals surface area contributed by atoms with Crippen LogP contribution in [0.25, 0.3) is 0 Å². The van der Waals surface area contributed by atoms with Crippen molar-refractivity contribution in [3.8, 4) is 0 Å². The van der Waals surface area contributed by atoms with E-state index in [0.717, 1.165) is 37.9 Å². The molecule has 1 N–H and O–H groups in total. The number of rotatable bonds is 6. The Bertz CT molecular complexity index is 704. The maximum atomic E-state index is 12.6. The van der Waals surface area contributed by atoms with Gasteiger partial charge in [-0.2, -0.15) is 0 Å². The van der Waals surface area contributed by atoms with Crippen molar-refractivity contribution in [2.45, 2.75) is 32.1 Å². The van der Waals surface area contributed by atoms with Gasteiger partial charge in [0, 0.05) is 19.6 Å². The molecule has 1 fully saturated rings. The predicted molar refractivity (Wildman–Crippen MR) is 99.8 cm³/mol. The average Bonchev–Trinajstić information content (AvgIpc) is 3.22. The summed E-state index contributed by atoms with van der Waals surface area (Å²) in [6.45, 7) is 4.16. The van der Waals surface area contributed by atoms with Gasteiger partial charge < -0.3 is 14.6 Å². The van der Waals surface area contributed by atoms with Gasteiger partial charge in [0.05, 0.1) is 17.7 Å². The molecule has 2 heterocycles. The topological polar surface area (TPSA) is 62.6 Å². The van der Waals surface area contributed by atoms with E-state index in [1.54, 1.807) is 6.07 Å². The van der Waals surface area contributed by atoms with Crippen LogP contribution in [0.2, 0.25) is 0 Å². The molecule has 1 aliphatic heterocycles. The van der Waals surface area contributed by atoms with E-state index in [0.29, 0.717) is 18.0 Å². The van der Waals surface area contributed by atoms with E-state index >= 15 is 0 Å². The van der Waals surface area contributed by atoms with Crippen molar-refractivity contribution < 1.29 is 14.0 Å². The molecule has 0 aliphatic carbocycles. The zero-order valence-corrected chi connectivity index (χ0v) is 15.2. The van der Waals surface area contributed by atoms with Gasteiger partial charge in [0.15, 0.2) is 0 Å². The van der Waals surface area contributed by atoms with Crippen molar-refractivity contribution in [1.29, 1.82) is 0 Å². The zero-order chi connectivity index (χ0) is 18.4. The highest BCUT2D eigenvalue weighted by Gasteiger charge is 2.25. The van der Waals surface area contributed by atoms with Crippen LogP contribution in [0.5, 0.6) is 0 Å². The molecule has 1 aromatic heterocycles. The summed E-state index contributed by atoms with van der Waals surface area (Å²) >= 11 is 0. The van der Waals surface area contributed by atoms with Crippen LogP contribution in [-0.2, 0) is 4.79 Å². The monoisotopic (exact) mass is 354 g/mol. The van der Waals surface area contributed by atoms with Gasteiger partial charge in [-0.3, -0.25) is 9.59 Å². The highest BCUT2D eigenvalue weighted by molar-refractivity contribution is 5.93. The number of hydrogen-bond acceptors (Lipinski definition) is 3. The summed E-state index contributed by atoms with van der Waals surface area (Å²) in [5.41, 5.74) is 1.67. The van der Waals surface area contributed by atoms with E-state index in [9.17, 15) is 9.59 Å². The molecule has 5 heteroatoms. The smallest absolute Gasteiger partial charge is 0.257 e. The van der Waals surface area contributed by atoms with Crippen LogP contribution in [0.3, 0.4) is 0 Å². The fourth-order valence-electron chi connectivity index (χ4n) is 3.53. The van der Waals surface area contributed by atoms with Gasteiger partial charge in [-0.15, -0.1) is 0 Å². The molecule has 2 aromatic rings. The molecule has 0 radical (unpaired) electrons. The molecular weight excluding hydrogens is 328 g/mol. The third kappa shape index (κ3) is 4.34. The van der Waals surface area contributed by atoms with Crippen LogP contribution in [0.1, 0.15) is 48.0 Å². The van der Waals surface area contributed by atoms with Gasteiger partial charge in [0.2, 0.25) is 5.91 Å². The second-order valence-electron chi connectivity index (χ2n) is 6.86. The molecule has 1 atom stereocenters. The number of likely N-dealkylation sites (tertiary alicyclic amines) is 1. The minimum atomic E-state index is -0.0982. The summed E-state index contributed by atoms with van der Waals surface area (Å²) in [4.78, 5) is 26.7. The lowest BCUT2D eigenvalue weighted by Crippen LogP contribution is -2.42. The van der Waals surface area contributed by atoms with Gasteiger partial charge in [0.1, 0.15) is 6.26 Å². The molecule has 1 aromatic carbocycles. The Balaban J connectivity index is 1.46. The summed E-state index contributed by atoms with van der Waals surface area (Å²) in [5.74, 6) is 0.437. The van der Waals surface area contributed by atoms with E-state index in [1.165, 1.54) is 12.5 Å². The number of hydrogen-bond donors (Lipinski definition) is 1. The highest BCUT2D eigenvalue weighted by Crippen LogP contribution is 2.21. The SMILES string of the molecule is CC[C@H](C(=O)NCC1CCN(C(=O)c2ccoc2)CC1)c1ccccc1. The molecule has 0 unspecified atom stereocenters. The van der Waals surface area contributed by atoms with Crippen molar-refractivity contribution in [1.82, 2.24) is 10.2 Å². The van der Waals surface area contributed by atoms with Crippen molar-refractivity contribution >= 4 is 11.8 Å². The van der Waals surface area contributed by atoms with Crippen LogP contribution in [-0.4, -0.2) is 36.3 Å². The van der Waals surface area contributed by atoms with Crippen LogP contribution in [0.4, 0.5) is 0 Å². The molecule has 2 amide bonds. The Hall–Kier alpha value is -2.56. The second kappa shape index (κ2) is 8.70. The van der Waals surface area contributed by atoms with E-state index < -0.39 is 0 Å². The zero-order valence-electron chi connectivity index (χ0n) is 15.2. The number of furan rings is 1. The summed E-state index contributed by atoms with van der Waals surface area (Å²) in [7, 11) is 0. The number of amides is 2. The second-order valence-corrected chi connectivity index (χ2v) is 6.86. The number of carbonyl (C=O) groups is 2. The first-order valence-corrected chi connectivity index (χ1v) is 9.33. The number of benzene rings is 1. The number of nitrogens with one attached hydrogen (secondary N) is 1. The molecular formula is C21H26N2O3. The fraction of sp³-hybridized carbons (Fsp3) is 0.429. The molecule has 138 valence electrons. The third-order valence-electron chi connectivity index (χ3n) is 5.16. The minimum absolute atomic E-state index is 0.0244. The molecule has 26 heavy (non-hydrogen) atoms. The Morgan fingerprint density at radius 1 is 1.19 bits per heavy atom. The van der Waals surface area contributed by atoms with Crippen LogP contribution in [0, 0.1) is 5.92 Å². The van der Waals surface area contributed by atoms with Gasteiger partial charge in [0.25, 0.3) is 5.91 Å². The van der Waals surface area contributed by atoms with Crippen LogP contribution < -0.4 is 5.32 Å². The van der Waals surface area contributed by atoms with Crippen LogP contribution >= 0.6 is 0 Å². The highest BCUT2D eigenvalue weighted by atomic mass is 16.3.